The summed E-state index contributed by atoms with van der Waals surface area (Å²) >= 11 is 1.16. The highest BCUT2D eigenvalue weighted by Gasteiger charge is 2.64. The standard InChI is InChI=1S/C22H20N2O6S/c1-29-22(23)20(28)24-16(18(25)26)15(12-31-21(22)24)19(27)30-17(13-8-4-2-5-9-13)14-10-6-3-7-11-14/h2-11,17,21H,12,23H2,1H3,(H,25,26)/t21-,22?/m1/s1. The van der Waals surface area contributed by atoms with Crippen molar-refractivity contribution in [2.45, 2.75) is 17.2 Å². The molecular weight excluding hydrogens is 420 g/mol. The molecule has 31 heavy (non-hydrogen) atoms. The van der Waals surface area contributed by atoms with Crippen molar-refractivity contribution in [3.63, 3.8) is 0 Å². The zero-order valence-electron chi connectivity index (χ0n) is 16.6. The molecule has 2 aliphatic rings. The first kappa shape index (κ1) is 21.1. The molecule has 0 bridgehead atoms. The van der Waals surface area contributed by atoms with E-state index in [4.69, 9.17) is 15.2 Å². The van der Waals surface area contributed by atoms with Gasteiger partial charge in [-0.25, -0.2) is 9.59 Å². The van der Waals surface area contributed by atoms with Gasteiger partial charge in [0, 0.05) is 12.9 Å². The van der Waals surface area contributed by atoms with E-state index in [1.165, 1.54) is 7.11 Å². The first-order valence-electron chi connectivity index (χ1n) is 9.45. The number of thioether (sulfide) groups is 1. The van der Waals surface area contributed by atoms with Crippen molar-refractivity contribution >= 4 is 29.6 Å². The summed E-state index contributed by atoms with van der Waals surface area (Å²) in [7, 11) is 1.29. The first-order chi connectivity index (χ1) is 14.9. The minimum absolute atomic E-state index is 0.0214. The quantitative estimate of drug-likeness (QED) is 0.397. The van der Waals surface area contributed by atoms with Gasteiger partial charge < -0.3 is 14.6 Å². The van der Waals surface area contributed by atoms with E-state index < -0.39 is 40.7 Å². The van der Waals surface area contributed by atoms with Crippen LogP contribution in [0.15, 0.2) is 71.9 Å². The summed E-state index contributed by atoms with van der Waals surface area (Å²) in [5, 5.41) is 9.03. The van der Waals surface area contributed by atoms with Crippen LogP contribution in [0, 0.1) is 0 Å². The Hall–Kier alpha value is -3.14. The number of β-lactam (4-membered cyclic amide) rings is 1. The summed E-state index contributed by atoms with van der Waals surface area (Å²) in [6, 6.07) is 18.3. The largest absolute Gasteiger partial charge is 0.477 e. The van der Waals surface area contributed by atoms with Crippen LogP contribution in [0.4, 0.5) is 0 Å². The van der Waals surface area contributed by atoms with E-state index in [9.17, 15) is 19.5 Å². The number of carbonyl (C=O) groups excluding carboxylic acids is 2. The lowest BCUT2D eigenvalue weighted by Gasteiger charge is -2.53. The number of methoxy groups -OCH3 is 1. The maximum atomic E-state index is 13.1. The molecule has 2 atom stereocenters. The van der Waals surface area contributed by atoms with Gasteiger partial charge >= 0.3 is 11.9 Å². The highest BCUT2D eigenvalue weighted by Crippen LogP contribution is 2.45. The number of hydrogen-bond acceptors (Lipinski definition) is 7. The number of hydrogen-bond donors (Lipinski definition) is 2. The fraction of sp³-hybridized carbons (Fsp3) is 0.227. The van der Waals surface area contributed by atoms with Crippen molar-refractivity contribution in [2.75, 3.05) is 12.9 Å². The molecule has 4 rings (SSSR count). The molecular formula is C22H20N2O6S. The van der Waals surface area contributed by atoms with Gasteiger partial charge in [0.15, 0.2) is 6.10 Å². The van der Waals surface area contributed by atoms with Crippen molar-refractivity contribution in [3.8, 4) is 0 Å². The predicted molar refractivity (Wildman–Crippen MR) is 113 cm³/mol. The van der Waals surface area contributed by atoms with Gasteiger partial charge in [-0.1, -0.05) is 60.7 Å². The number of benzene rings is 2. The Labute approximate surface area is 182 Å². The minimum Gasteiger partial charge on any atom is -0.477 e. The summed E-state index contributed by atoms with van der Waals surface area (Å²) in [6.07, 6.45) is -0.736. The molecule has 8 nitrogen and oxygen atoms in total. The van der Waals surface area contributed by atoms with E-state index in [1.807, 2.05) is 60.7 Å². The number of fused-ring (bicyclic) bond motifs is 1. The molecule has 0 aromatic heterocycles. The molecule has 160 valence electrons. The van der Waals surface area contributed by atoms with E-state index in [1.54, 1.807) is 0 Å². The van der Waals surface area contributed by atoms with Gasteiger partial charge in [0.05, 0.1) is 5.57 Å². The number of nitrogens with two attached hydrogens (primary N) is 1. The third-order valence-corrected chi connectivity index (χ3v) is 6.62. The van der Waals surface area contributed by atoms with Crippen molar-refractivity contribution < 1.29 is 29.0 Å². The zero-order chi connectivity index (χ0) is 22.2. The average molecular weight is 440 g/mol. The van der Waals surface area contributed by atoms with Gasteiger partial charge in [0.1, 0.15) is 11.1 Å². The Morgan fingerprint density at radius 3 is 2.16 bits per heavy atom. The molecule has 2 aromatic carbocycles. The van der Waals surface area contributed by atoms with Crippen LogP contribution in [0.25, 0.3) is 0 Å². The number of carbonyl (C=O) groups is 3. The Bertz CT molecular complexity index is 1020. The van der Waals surface area contributed by atoms with Crippen LogP contribution in [0.1, 0.15) is 17.2 Å². The van der Waals surface area contributed by atoms with Crippen molar-refractivity contribution in [1.29, 1.82) is 0 Å². The van der Waals surface area contributed by atoms with E-state index in [-0.39, 0.29) is 11.3 Å². The van der Waals surface area contributed by atoms with Crippen LogP contribution in [-0.2, 0) is 23.9 Å². The lowest BCUT2D eigenvalue weighted by Crippen LogP contribution is -2.78. The molecule has 3 N–H and O–H groups in total. The van der Waals surface area contributed by atoms with Crippen LogP contribution < -0.4 is 5.73 Å². The number of ether oxygens (including phenoxy) is 2. The maximum Gasteiger partial charge on any atom is 0.353 e. The molecule has 0 aliphatic carbocycles. The van der Waals surface area contributed by atoms with Gasteiger partial charge in [-0.3, -0.25) is 15.4 Å². The van der Waals surface area contributed by atoms with E-state index in [2.05, 4.69) is 0 Å². The monoisotopic (exact) mass is 440 g/mol. The SMILES string of the molecule is COC1(N)C(=O)N2C(C(=O)O)=C(C(=O)OC(c3ccccc3)c3ccccc3)CS[C@@H]21. The van der Waals surface area contributed by atoms with Gasteiger partial charge in [0.25, 0.3) is 5.91 Å². The van der Waals surface area contributed by atoms with Gasteiger partial charge in [-0.15, -0.1) is 11.8 Å². The number of carboxylic acid groups (broad SMARTS) is 1. The van der Waals surface area contributed by atoms with Crippen LogP contribution in [0.3, 0.4) is 0 Å². The van der Waals surface area contributed by atoms with E-state index >= 15 is 0 Å². The molecule has 1 amide bonds. The minimum atomic E-state index is -1.61. The molecule has 0 spiro atoms. The van der Waals surface area contributed by atoms with E-state index in [0.29, 0.717) is 0 Å². The summed E-state index contributed by atoms with van der Waals surface area (Å²) in [5.41, 5.74) is 5.29. The van der Waals surface area contributed by atoms with Gasteiger partial charge in [0.2, 0.25) is 5.72 Å². The molecule has 1 saturated heterocycles. The second-order valence-corrected chi connectivity index (χ2v) is 8.14. The van der Waals surface area contributed by atoms with Gasteiger partial charge in [-0.05, 0) is 11.1 Å². The Morgan fingerprint density at radius 2 is 1.68 bits per heavy atom. The number of amides is 1. The topological polar surface area (TPSA) is 119 Å². The van der Waals surface area contributed by atoms with Crippen LogP contribution >= 0.6 is 11.8 Å². The highest BCUT2D eigenvalue weighted by atomic mass is 32.2. The van der Waals surface area contributed by atoms with Crippen molar-refractivity contribution in [1.82, 2.24) is 4.90 Å². The molecule has 1 unspecified atom stereocenters. The second kappa shape index (κ2) is 8.18. The number of rotatable bonds is 6. The number of aliphatic carboxylic acids is 1. The predicted octanol–water partition coefficient (Wildman–Crippen LogP) is 1.87. The Kier molecular flexibility index (Phi) is 5.57. The van der Waals surface area contributed by atoms with Crippen LogP contribution in [0.2, 0.25) is 0 Å². The number of carboxylic acids is 1. The molecule has 0 radical (unpaired) electrons. The van der Waals surface area contributed by atoms with Crippen LogP contribution in [-0.4, -0.2) is 51.8 Å². The van der Waals surface area contributed by atoms with Crippen LogP contribution in [0.5, 0.6) is 0 Å². The first-order valence-corrected chi connectivity index (χ1v) is 10.5. The van der Waals surface area contributed by atoms with E-state index in [0.717, 1.165) is 27.8 Å². The zero-order valence-corrected chi connectivity index (χ0v) is 17.4. The smallest absolute Gasteiger partial charge is 0.353 e. The summed E-state index contributed by atoms with van der Waals surface area (Å²) < 4.78 is 10.9. The maximum absolute atomic E-state index is 13.1. The number of nitrogens with zero attached hydrogens (tertiary/aromatic N) is 1. The Balaban J connectivity index is 1.69. The molecule has 0 saturated carbocycles. The molecule has 2 aliphatic heterocycles. The number of esters is 1. The fourth-order valence-corrected chi connectivity index (χ4v) is 5.03. The Morgan fingerprint density at radius 1 is 1.13 bits per heavy atom. The molecule has 2 heterocycles. The molecule has 1 fully saturated rings. The highest BCUT2D eigenvalue weighted by molar-refractivity contribution is 8.00. The van der Waals surface area contributed by atoms with Crippen molar-refractivity contribution in [2.24, 2.45) is 5.73 Å². The molecule has 2 aromatic rings. The summed E-state index contributed by atoms with van der Waals surface area (Å²) in [4.78, 5) is 38.6. The second-order valence-electron chi connectivity index (χ2n) is 7.07. The lowest BCUT2D eigenvalue weighted by molar-refractivity contribution is -0.183. The van der Waals surface area contributed by atoms with Gasteiger partial charge in [-0.2, -0.15) is 0 Å². The normalized spacial score (nSPS) is 22.7. The third-order valence-electron chi connectivity index (χ3n) is 5.28. The summed E-state index contributed by atoms with van der Waals surface area (Å²) in [6.45, 7) is 0. The lowest BCUT2D eigenvalue weighted by atomic mass is 9.99. The van der Waals surface area contributed by atoms with Crippen molar-refractivity contribution in [3.05, 3.63) is 83.1 Å². The summed E-state index contributed by atoms with van der Waals surface area (Å²) in [5.74, 6) is -2.90. The third kappa shape index (κ3) is 3.50. The molecule has 9 heteroatoms. The fourth-order valence-electron chi connectivity index (χ4n) is 3.66. The average Bonchev–Trinajstić information content (AvgIpc) is 2.81.